The highest BCUT2D eigenvalue weighted by Gasteiger charge is 2.17. The summed E-state index contributed by atoms with van der Waals surface area (Å²) < 4.78 is 5.54. The fourth-order valence-corrected chi connectivity index (χ4v) is 4.80. The molecule has 0 saturated carbocycles. The van der Waals surface area contributed by atoms with Crippen LogP contribution in [0.4, 0.5) is 0 Å². The Labute approximate surface area is 175 Å². The number of rotatable bonds is 8. The fourth-order valence-electron chi connectivity index (χ4n) is 4.02. The Morgan fingerprint density at radius 3 is 2.62 bits per heavy atom. The minimum absolute atomic E-state index is 0.268. The summed E-state index contributed by atoms with van der Waals surface area (Å²) >= 11 is 1.80. The zero-order chi connectivity index (χ0) is 20.2. The highest BCUT2D eigenvalue weighted by molar-refractivity contribution is 7.09. The van der Waals surface area contributed by atoms with Gasteiger partial charge in [-0.05, 0) is 28.3 Å². The molecule has 1 atom stereocenters. The number of thiophene rings is 1. The van der Waals surface area contributed by atoms with E-state index in [-0.39, 0.29) is 5.63 Å². The molecule has 0 aliphatic heterocycles. The largest absolute Gasteiger partial charge is 0.423 e. The number of benzene rings is 2. The van der Waals surface area contributed by atoms with Gasteiger partial charge >= 0.3 is 5.63 Å². The van der Waals surface area contributed by atoms with Crippen molar-refractivity contribution in [3.8, 4) is 0 Å². The predicted molar refractivity (Wildman–Crippen MR) is 120 cm³/mol. The van der Waals surface area contributed by atoms with Crippen LogP contribution in [0.15, 0.2) is 69.2 Å². The molecule has 0 radical (unpaired) electrons. The molecule has 0 saturated heterocycles. The summed E-state index contributed by atoms with van der Waals surface area (Å²) in [6.07, 6.45) is 1.16. The first-order valence-electron chi connectivity index (χ1n) is 10.2. The van der Waals surface area contributed by atoms with E-state index in [0.29, 0.717) is 5.58 Å². The Bertz CT molecular complexity index is 1150. The second-order valence-electron chi connectivity index (χ2n) is 7.99. The van der Waals surface area contributed by atoms with Gasteiger partial charge in [0.2, 0.25) is 0 Å². The topological polar surface area (TPSA) is 39.1 Å². The molecular formula is C24H28N2O2S+2. The molecular weight excluding hydrogens is 380 g/mol. The molecule has 0 spiro atoms. The van der Waals surface area contributed by atoms with Crippen LogP contribution < -0.4 is 15.4 Å². The van der Waals surface area contributed by atoms with E-state index in [0.717, 1.165) is 48.9 Å². The van der Waals surface area contributed by atoms with Crippen LogP contribution in [-0.2, 0) is 13.1 Å². The van der Waals surface area contributed by atoms with Gasteiger partial charge in [0.25, 0.3) is 0 Å². The Morgan fingerprint density at radius 1 is 0.966 bits per heavy atom. The summed E-state index contributed by atoms with van der Waals surface area (Å²) in [4.78, 5) is 16.6. The van der Waals surface area contributed by atoms with E-state index >= 15 is 0 Å². The molecule has 0 fully saturated rings. The molecule has 2 aromatic heterocycles. The predicted octanol–water partition coefficient (Wildman–Crippen LogP) is 2.13. The van der Waals surface area contributed by atoms with Gasteiger partial charge in [-0.3, -0.25) is 0 Å². The lowest BCUT2D eigenvalue weighted by Gasteiger charge is -2.20. The number of nitrogens with one attached hydrogen (secondary N) is 2. The molecule has 0 aliphatic rings. The van der Waals surface area contributed by atoms with Crippen LogP contribution in [0.5, 0.6) is 0 Å². The van der Waals surface area contributed by atoms with E-state index in [1.54, 1.807) is 17.4 Å². The average Bonchev–Trinajstić information content (AvgIpc) is 3.20. The van der Waals surface area contributed by atoms with Crippen molar-refractivity contribution < 1.29 is 14.2 Å². The highest BCUT2D eigenvalue weighted by Crippen LogP contribution is 2.27. The first-order valence-corrected chi connectivity index (χ1v) is 11.1. The lowest BCUT2D eigenvalue weighted by Crippen LogP contribution is -3.11. The van der Waals surface area contributed by atoms with Crippen LogP contribution in [-0.4, -0.2) is 27.2 Å². The highest BCUT2D eigenvalue weighted by atomic mass is 32.1. The number of quaternary nitrogens is 2. The molecule has 1 unspecified atom stereocenters. The first-order chi connectivity index (χ1) is 14.1. The van der Waals surface area contributed by atoms with Gasteiger partial charge in [-0.2, -0.15) is 0 Å². The van der Waals surface area contributed by atoms with E-state index < -0.39 is 0 Å². The van der Waals surface area contributed by atoms with Crippen LogP contribution >= 0.6 is 11.3 Å². The second kappa shape index (κ2) is 8.91. The van der Waals surface area contributed by atoms with Gasteiger partial charge in [0.15, 0.2) is 0 Å². The van der Waals surface area contributed by atoms with E-state index in [1.165, 1.54) is 20.1 Å². The quantitative estimate of drug-likeness (QED) is 0.346. The van der Waals surface area contributed by atoms with E-state index in [2.05, 4.69) is 43.7 Å². The Hall–Kier alpha value is -2.47. The molecule has 4 nitrogen and oxygen atoms in total. The molecule has 2 heterocycles. The average molecular weight is 409 g/mol. The van der Waals surface area contributed by atoms with Gasteiger partial charge < -0.3 is 14.2 Å². The summed E-state index contributed by atoms with van der Waals surface area (Å²) in [5.74, 6) is 0. The van der Waals surface area contributed by atoms with Crippen molar-refractivity contribution in [1.29, 1.82) is 0 Å². The van der Waals surface area contributed by atoms with E-state index in [9.17, 15) is 4.79 Å². The summed E-state index contributed by atoms with van der Waals surface area (Å²) in [5.41, 5.74) is 1.49. The van der Waals surface area contributed by atoms with Crippen molar-refractivity contribution in [3.63, 3.8) is 0 Å². The second-order valence-corrected chi connectivity index (χ2v) is 9.03. The number of hydrogen-bond acceptors (Lipinski definition) is 3. The van der Waals surface area contributed by atoms with Crippen molar-refractivity contribution in [2.24, 2.45) is 0 Å². The van der Waals surface area contributed by atoms with Crippen LogP contribution in [0.2, 0.25) is 0 Å². The molecule has 4 aromatic rings. The lowest BCUT2D eigenvalue weighted by molar-refractivity contribution is -0.932. The third-order valence-electron chi connectivity index (χ3n) is 5.37. The number of hydrogen-bond donors (Lipinski definition) is 2. The van der Waals surface area contributed by atoms with Crippen LogP contribution in [0.1, 0.15) is 16.9 Å². The van der Waals surface area contributed by atoms with E-state index in [1.807, 2.05) is 24.3 Å². The Kier molecular flexibility index (Phi) is 6.09. The molecule has 150 valence electrons. The monoisotopic (exact) mass is 408 g/mol. The van der Waals surface area contributed by atoms with E-state index in [4.69, 9.17) is 4.42 Å². The molecule has 2 aromatic carbocycles. The molecule has 0 bridgehead atoms. The molecule has 2 N–H and O–H groups in total. The van der Waals surface area contributed by atoms with Gasteiger partial charge in [0.1, 0.15) is 18.7 Å². The third kappa shape index (κ3) is 4.75. The van der Waals surface area contributed by atoms with Crippen molar-refractivity contribution in [1.82, 2.24) is 0 Å². The minimum Gasteiger partial charge on any atom is -0.423 e. The van der Waals surface area contributed by atoms with Gasteiger partial charge in [0, 0.05) is 23.4 Å². The first kappa shape index (κ1) is 19.8. The van der Waals surface area contributed by atoms with Gasteiger partial charge in [-0.25, -0.2) is 4.79 Å². The maximum Gasteiger partial charge on any atom is 0.336 e. The van der Waals surface area contributed by atoms with Crippen molar-refractivity contribution in [3.05, 3.63) is 80.8 Å². The van der Waals surface area contributed by atoms with Crippen LogP contribution in [0, 0.1) is 0 Å². The molecule has 0 aliphatic carbocycles. The van der Waals surface area contributed by atoms with Gasteiger partial charge in [-0.1, -0.05) is 36.4 Å². The normalized spacial score (nSPS) is 12.8. The standard InChI is InChI=1S/C24H26N2O2S/c1-25(2)12-6-13-26(17-20-8-5-14-29-20)16-19-15-23(27)28-22-11-10-18-7-3-4-9-21(18)24(19)22/h3-5,7-11,14-15H,6,12-13,16-17H2,1-2H3/p+2. The minimum atomic E-state index is -0.268. The fraction of sp³-hybridized carbons (Fsp3) is 0.292. The summed E-state index contributed by atoms with van der Waals surface area (Å²) in [6, 6.07) is 18.3. The molecule has 5 heteroatoms. The molecule has 0 amide bonds. The Morgan fingerprint density at radius 2 is 1.83 bits per heavy atom. The van der Waals surface area contributed by atoms with Crippen molar-refractivity contribution in [2.75, 3.05) is 27.2 Å². The maximum atomic E-state index is 12.3. The summed E-state index contributed by atoms with van der Waals surface area (Å²) in [6.45, 7) is 4.02. The smallest absolute Gasteiger partial charge is 0.336 e. The summed E-state index contributed by atoms with van der Waals surface area (Å²) in [5, 5.41) is 5.53. The zero-order valence-electron chi connectivity index (χ0n) is 17.0. The van der Waals surface area contributed by atoms with Crippen molar-refractivity contribution >= 4 is 33.1 Å². The zero-order valence-corrected chi connectivity index (χ0v) is 17.9. The SMILES string of the molecule is C[NH+](C)CCC[NH+](Cc1cccs1)Cc1cc(=O)oc2ccc3ccccc3c12. The van der Waals surface area contributed by atoms with Crippen LogP contribution in [0.25, 0.3) is 21.7 Å². The summed E-state index contributed by atoms with van der Waals surface area (Å²) in [7, 11) is 4.39. The van der Waals surface area contributed by atoms with Gasteiger partial charge in [-0.15, -0.1) is 11.3 Å². The third-order valence-corrected chi connectivity index (χ3v) is 6.24. The number of fused-ring (bicyclic) bond motifs is 3. The van der Waals surface area contributed by atoms with Crippen molar-refractivity contribution in [2.45, 2.75) is 19.5 Å². The molecule has 29 heavy (non-hydrogen) atoms. The maximum absolute atomic E-state index is 12.3. The van der Waals surface area contributed by atoms with Gasteiger partial charge in [0.05, 0.1) is 32.1 Å². The molecule has 4 rings (SSSR count). The Balaban J connectivity index is 1.72. The lowest BCUT2D eigenvalue weighted by atomic mass is 10.0. The van der Waals surface area contributed by atoms with Crippen LogP contribution in [0.3, 0.4) is 0 Å².